The SMILES string of the molecule is CCOC(=O)CCCCCCN1C(=O)CCC1/C=C/C(=O)c1cccc(Cc2ccccc2)c1. The van der Waals surface area contributed by atoms with Crippen LogP contribution in [-0.4, -0.2) is 41.8 Å². The van der Waals surface area contributed by atoms with E-state index in [1.807, 2.05) is 60.4 Å². The Balaban J connectivity index is 1.48. The number of likely N-dealkylation sites (tertiary alicyclic amines) is 1. The molecule has 0 aliphatic carbocycles. The lowest BCUT2D eigenvalue weighted by molar-refractivity contribution is -0.143. The summed E-state index contributed by atoms with van der Waals surface area (Å²) in [6.07, 6.45) is 9.65. The van der Waals surface area contributed by atoms with E-state index in [1.165, 1.54) is 5.56 Å². The molecule has 1 fully saturated rings. The predicted molar refractivity (Wildman–Crippen MR) is 134 cm³/mol. The minimum atomic E-state index is -0.141. The van der Waals surface area contributed by atoms with E-state index in [9.17, 15) is 14.4 Å². The molecule has 0 aromatic heterocycles. The van der Waals surface area contributed by atoms with Gasteiger partial charge in [-0.05, 0) is 55.9 Å². The van der Waals surface area contributed by atoms with E-state index >= 15 is 0 Å². The molecule has 1 unspecified atom stereocenters. The zero-order chi connectivity index (χ0) is 24.2. The van der Waals surface area contributed by atoms with Crippen LogP contribution < -0.4 is 0 Å². The van der Waals surface area contributed by atoms with Gasteiger partial charge in [0.1, 0.15) is 0 Å². The van der Waals surface area contributed by atoms with E-state index in [0.29, 0.717) is 31.6 Å². The van der Waals surface area contributed by atoms with Crippen molar-refractivity contribution in [3.05, 3.63) is 83.4 Å². The van der Waals surface area contributed by atoms with Crippen molar-refractivity contribution in [2.24, 2.45) is 0 Å². The molecule has 0 bridgehead atoms. The summed E-state index contributed by atoms with van der Waals surface area (Å²) in [7, 11) is 0. The minimum Gasteiger partial charge on any atom is -0.466 e. The molecule has 1 aliphatic rings. The highest BCUT2D eigenvalue weighted by molar-refractivity contribution is 6.04. The minimum absolute atomic E-state index is 0.0246. The molecular formula is C29H35NO4. The highest BCUT2D eigenvalue weighted by Gasteiger charge is 2.28. The Morgan fingerprint density at radius 3 is 2.56 bits per heavy atom. The molecule has 1 amide bonds. The fourth-order valence-corrected chi connectivity index (χ4v) is 4.35. The van der Waals surface area contributed by atoms with Crippen LogP contribution in [-0.2, 0) is 20.7 Å². The van der Waals surface area contributed by atoms with Gasteiger partial charge in [-0.1, -0.05) is 67.4 Å². The second-order valence-corrected chi connectivity index (χ2v) is 8.75. The Morgan fingerprint density at radius 1 is 1.00 bits per heavy atom. The number of ketones is 1. The number of amides is 1. The van der Waals surface area contributed by atoms with Gasteiger partial charge in [0.15, 0.2) is 5.78 Å². The molecule has 180 valence electrons. The summed E-state index contributed by atoms with van der Waals surface area (Å²) in [5, 5.41) is 0. The zero-order valence-corrected chi connectivity index (χ0v) is 20.1. The maximum Gasteiger partial charge on any atom is 0.305 e. The quantitative estimate of drug-likeness (QED) is 0.170. The lowest BCUT2D eigenvalue weighted by Crippen LogP contribution is -2.32. The van der Waals surface area contributed by atoms with Crippen molar-refractivity contribution in [1.29, 1.82) is 0 Å². The molecule has 3 rings (SSSR count). The van der Waals surface area contributed by atoms with Crippen LogP contribution >= 0.6 is 0 Å². The molecular weight excluding hydrogens is 426 g/mol. The summed E-state index contributed by atoms with van der Waals surface area (Å²) in [6.45, 7) is 2.92. The molecule has 1 aliphatic heterocycles. The summed E-state index contributed by atoms with van der Waals surface area (Å²) in [4.78, 5) is 38.4. The molecule has 1 atom stereocenters. The summed E-state index contributed by atoms with van der Waals surface area (Å²) >= 11 is 0. The van der Waals surface area contributed by atoms with Gasteiger partial charge in [0, 0.05) is 24.9 Å². The maximum absolute atomic E-state index is 12.8. The van der Waals surface area contributed by atoms with Gasteiger partial charge in [0.25, 0.3) is 0 Å². The first-order chi connectivity index (χ1) is 16.6. The summed E-state index contributed by atoms with van der Waals surface area (Å²) in [5.41, 5.74) is 2.98. The molecule has 5 nitrogen and oxygen atoms in total. The van der Waals surface area contributed by atoms with Crippen LogP contribution in [0.25, 0.3) is 0 Å². The van der Waals surface area contributed by atoms with Crippen molar-refractivity contribution in [3.63, 3.8) is 0 Å². The zero-order valence-electron chi connectivity index (χ0n) is 20.1. The largest absolute Gasteiger partial charge is 0.466 e. The number of hydrogen-bond acceptors (Lipinski definition) is 4. The Bertz CT molecular complexity index is 983. The van der Waals surface area contributed by atoms with Gasteiger partial charge in [-0.15, -0.1) is 0 Å². The number of hydrogen-bond donors (Lipinski definition) is 0. The van der Waals surface area contributed by atoms with E-state index in [2.05, 4.69) is 12.1 Å². The van der Waals surface area contributed by atoms with Crippen LogP contribution in [0.2, 0.25) is 0 Å². The summed E-state index contributed by atoms with van der Waals surface area (Å²) in [5.74, 6) is -0.0238. The molecule has 0 radical (unpaired) electrons. The van der Waals surface area contributed by atoms with Crippen LogP contribution in [0, 0.1) is 0 Å². The van der Waals surface area contributed by atoms with E-state index in [4.69, 9.17) is 4.74 Å². The number of rotatable bonds is 13. The monoisotopic (exact) mass is 461 g/mol. The van der Waals surface area contributed by atoms with Gasteiger partial charge in [-0.3, -0.25) is 14.4 Å². The fraction of sp³-hybridized carbons (Fsp3) is 0.414. The first-order valence-corrected chi connectivity index (χ1v) is 12.4. The third-order valence-electron chi connectivity index (χ3n) is 6.14. The lowest BCUT2D eigenvalue weighted by Gasteiger charge is -2.22. The van der Waals surface area contributed by atoms with Crippen LogP contribution in [0.1, 0.15) is 73.4 Å². The Morgan fingerprint density at radius 2 is 1.76 bits per heavy atom. The van der Waals surface area contributed by atoms with Crippen molar-refractivity contribution >= 4 is 17.7 Å². The molecule has 34 heavy (non-hydrogen) atoms. The van der Waals surface area contributed by atoms with Gasteiger partial charge in [-0.25, -0.2) is 0 Å². The number of benzene rings is 2. The van der Waals surface area contributed by atoms with E-state index < -0.39 is 0 Å². The molecule has 0 saturated carbocycles. The highest BCUT2D eigenvalue weighted by Crippen LogP contribution is 2.21. The number of carbonyl (C=O) groups excluding carboxylic acids is 3. The first-order valence-electron chi connectivity index (χ1n) is 12.4. The number of nitrogens with zero attached hydrogens (tertiary/aromatic N) is 1. The van der Waals surface area contributed by atoms with Crippen molar-refractivity contribution in [1.82, 2.24) is 4.90 Å². The molecule has 2 aromatic carbocycles. The lowest BCUT2D eigenvalue weighted by atomic mass is 10.0. The number of ether oxygens (including phenoxy) is 1. The highest BCUT2D eigenvalue weighted by atomic mass is 16.5. The smallest absolute Gasteiger partial charge is 0.305 e. The van der Waals surface area contributed by atoms with Crippen LogP contribution in [0.15, 0.2) is 66.7 Å². The molecule has 2 aromatic rings. The average molecular weight is 462 g/mol. The summed E-state index contributed by atoms with van der Waals surface area (Å²) < 4.78 is 4.94. The van der Waals surface area contributed by atoms with E-state index in [-0.39, 0.29) is 23.7 Å². The van der Waals surface area contributed by atoms with Crippen LogP contribution in [0.5, 0.6) is 0 Å². The fourth-order valence-electron chi connectivity index (χ4n) is 4.35. The van der Waals surface area contributed by atoms with Crippen molar-refractivity contribution in [2.45, 2.75) is 64.3 Å². The average Bonchev–Trinajstić information content (AvgIpc) is 3.20. The van der Waals surface area contributed by atoms with E-state index in [0.717, 1.165) is 44.1 Å². The van der Waals surface area contributed by atoms with Crippen molar-refractivity contribution in [3.8, 4) is 0 Å². The summed E-state index contributed by atoms with van der Waals surface area (Å²) in [6, 6.07) is 17.9. The van der Waals surface area contributed by atoms with Gasteiger partial charge in [0.05, 0.1) is 12.6 Å². The number of esters is 1. The standard InChI is InChI=1S/C29H35NO4/c1-2-34-29(33)15-8-3-4-9-20-30-26(17-19-28(30)32)16-18-27(31)25-14-10-13-24(22-25)21-23-11-6-5-7-12-23/h5-7,10-14,16,18,22,26H,2-4,8-9,15,17,19-21H2,1H3/b18-16+. The Kier molecular flexibility index (Phi) is 10.1. The Hall–Kier alpha value is -3.21. The topological polar surface area (TPSA) is 63.7 Å². The molecule has 0 spiro atoms. The second kappa shape index (κ2) is 13.5. The maximum atomic E-state index is 12.8. The van der Waals surface area contributed by atoms with Crippen molar-refractivity contribution in [2.75, 3.05) is 13.2 Å². The van der Waals surface area contributed by atoms with Gasteiger partial charge >= 0.3 is 5.97 Å². The van der Waals surface area contributed by atoms with Crippen molar-refractivity contribution < 1.29 is 19.1 Å². The van der Waals surface area contributed by atoms with Gasteiger partial charge < -0.3 is 9.64 Å². The number of carbonyl (C=O) groups is 3. The number of allylic oxidation sites excluding steroid dienone is 1. The predicted octanol–water partition coefficient (Wildman–Crippen LogP) is 5.52. The molecule has 1 heterocycles. The third-order valence-corrected chi connectivity index (χ3v) is 6.14. The molecule has 5 heteroatoms. The van der Waals surface area contributed by atoms with Crippen LogP contribution in [0.3, 0.4) is 0 Å². The second-order valence-electron chi connectivity index (χ2n) is 8.75. The number of unbranched alkanes of at least 4 members (excludes halogenated alkanes) is 3. The van der Waals surface area contributed by atoms with E-state index in [1.54, 1.807) is 6.08 Å². The Labute approximate surface area is 202 Å². The molecule has 1 saturated heterocycles. The van der Waals surface area contributed by atoms with Crippen LogP contribution in [0.4, 0.5) is 0 Å². The first kappa shape index (κ1) is 25.4. The van der Waals surface area contributed by atoms with Gasteiger partial charge in [0.2, 0.25) is 5.91 Å². The normalized spacial score (nSPS) is 15.7. The van der Waals surface area contributed by atoms with Gasteiger partial charge in [-0.2, -0.15) is 0 Å². The molecule has 0 N–H and O–H groups in total. The third kappa shape index (κ3) is 7.98.